The first-order chi connectivity index (χ1) is 7.54. The summed E-state index contributed by atoms with van der Waals surface area (Å²) in [6.07, 6.45) is 0. The van der Waals surface area contributed by atoms with E-state index in [2.05, 4.69) is 10.6 Å². The first kappa shape index (κ1) is 12.7. The van der Waals surface area contributed by atoms with E-state index in [-0.39, 0.29) is 11.7 Å². The maximum Gasteiger partial charge on any atom is 0.293 e. The second kappa shape index (κ2) is 5.67. The molecule has 0 radical (unpaired) electrons. The highest BCUT2D eigenvalue weighted by atomic mass is 35.5. The van der Waals surface area contributed by atoms with Crippen LogP contribution in [-0.4, -0.2) is 24.6 Å². The molecule has 16 heavy (non-hydrogen) atoms. The average Bonchev–Trinajstić information content (AvgIpc) is 2.26. The third kappa shape index (κ3) is 3.36. The highest BCUT2D eigenvalue weighted by Crippen LogP contribution is 2.27. The van der Waals surface area contributed by atoms with Gasteiger partial charge >= 0.3 is 0 Å². The molecule has 1 rings (SSSR count). The molecule has 0 bridgehead atoms. The van der Waals surface area contributed by atoms with E-state index in [0.717, 1.165) is 0 Å². The first-order valence-electron chi connectivity index (χ1n) is 4.89. The molecule has 5 nitrogen and oxygen atoms in total. The third-order valence-corrected chi connectivity index (χ3v) is 2.48. The van der Waals surface area contributed by atoms with Crippen LogP contribution in [0, 0.1) is 10.1 Å². The Kier molecular flexibility index (Phi) is 4.52. The van der Waals surface area contributed by atoms with Crippen molar-refractivity contribution in [3.8, 4) is 0 Å². The van der Waals surface area contributed by atoms with Crippen molar-refractivity contribution in [1.29, 1.82) is 0 Å². The van der Waals surface area contributed by atoms with Crippen LogP contribution in [-0.2, 0) is 0 Å². The van der Waals surface area contributed by atoms with Crippen LogP contribution in [0.25, 0.3) is 0 Å². The average molecular weight is 244 g/mol. The summed E-state index contributed by atoms with van der Waals surface area (Å²) in [7, 11) is 1.84. The van der Waals surface area contributed by atoms with Gasteiger partial charge in [-0.1, -0.05) is 11.6 Å². The maximum absolute atomic E-state index is 10.8. The lowest BCUT2D eigenvalue weighted by Crippen LogP contribution is -2.29. The summed E-state index contributed by atoms with van der Waals surface area (Å²) in [6.45, 7) is 2.59. The van der Waals surface area contributed by atoms with Crippen LogP contribution < -0.4 is 10.6 Å². The van der Waals surface area contributed by atoms with Crippen LogP contribution in [0.2, 0.25) is 5.02 Å². The fourth-order valence-corrected chi connectivity index (χ4v) is 1.34. The first-order valence-corrected chi connectivity index (χ1v) is 5.27. The molecule has 1 atom stereocenters. The molecule has 0 aromatic heterocycles. The van der Waals surface area contributed by atoms with Crippen LogP contribution in [0.1, 0.15) is 6.92 Å². The predicted molar refractivity (Wildman–Crippen MR) is 65.1 cm³/mol. The highest BCUT2D eigenvalue weighted by molar-refractivity contribution is 6.30. The summed E-state index contributed by atoms with van der Waals surface area (Å²) in [5.41, 5.74) is 0.479. The molecule has 0 saturated heterocycles. The Balaban J connectivity index is 2.82. The van der Waals surface area contributed by atoms with Gasteiger partial charge in [0.2, 0.25) is 0 Å². The Morgan fingerprint density at radius 2 is 2.25 bits per heavy atom. The van der Waals surface area contributed by atoms with Crippen molar-refractivity contribution >= 4 is 23.0 Å². The van der Waals surface area contributed by atoms with Crippen molar-refractivity contribution in [2.24, 2.45) is 0 Å². The molecule has 0 fully saturated rings. The molecule has 0 spiro atoms. The Morgan fingerprint density at radius 1 is 1.56 bits per heavy atom. The molecule has 0 amide bonds. The van der Waals surface area contributed by atoms with Gasteiger partial charge in [0.15, 0.2) is 0 Å². The van der Waals surface area contributed by atoms with E-state index in [1.165, 1.54) is 6.07 Å². The predicted octanol–water partition coefficient (Wildman–Crippen LogP) is 2.27. The summed E-state index contributed by atoms with van der Waals surface area (Å²) in [4.78, 5) is 10.3. The normalized spacial score (nSPS) is 12.2. The summed E-state index contributed by atoms with van der Waals surface area (Å²) < 4.78 is 0. The standard InChI is InChI=1S/C10H14ClN3O2/c1-7(12-2)6-13-9-4-3-8(11)5-10(9)14(15)16/h3-5,7,12-13H,6H2,1-2H3. The third-order valence-electron chi connectivity index (χ3n) is 2.25. The number of likely N-dealkylation sites (N-methyl/N-ethyl adjacent to an activating group) is 1. The molecule has 0 heterocycles. The van der Waals surface area contributed by atoms with Gasteiger partial charge in [0.1, 0.15) is 5.69 Å². The second-order valence-electron chi connectivity index (χ2n) is 3.49. The van der Waals surface area contributed by atoms with Gasteiger partial charge in [-0.15, -0.1) is 0 Å². The number of nitrogens with zero attached hydrogens (tertiary/aromatic N) is 1. The molecule has 0 aliphatic carbocycles. The van der Waals surface area contributed by atoms with Gasteiger partial charge in [-0.05, 0) is 26.1 Å². The number of hydrogen-bond acceptors (Lipinski definition) is 4. The number of halogens is 1. The monoisotopic (exact) mass is 243 g/mol. The van der Waals surface area contributed by atoms with Crippen molar-refractivity contribution in [2.45, 2.75) is 13.0 Å². The quantitative estimate of drug-likeness (QED) is 0.615. The smallest absolute Gasteiger partial charge is 0.293 e. The molecular formula is C10H14ClN3O2. The second-order valence-corrected chi connectivity index (χ2v) is 3.93. The molecule has 0 aliphatic rings. The van der Waals surface area contributed by atoms with E-state index in [4.69, 9.17) is 11.6 Å². The topological polar surface area (TPSA) is 67.2 Å². The number of nitro benzene ring substituents is 1. The Bertz CT molecular complexity index is 384. The minimum Gasteiger partial charge on any atom is -0.378 e. The molecular weight excluding hydrogens is 230 g/mol. The van der Waals surface area contributed by atoms with Crippen molar-refractivity contribution in [3.05, 3.63) is 33.3 Å². The van der Waals surface area contributed by atoms with Crippen LogP contribution >= 0.6 is 11.6 Å². The number of rotatable bonds is 5. The minimum absolute atomic E-state index is 0.00389. The van der Waals surface area contributed by atoms with Gasteiger partial charge in [-0.25, -0.2) is 0 Å². The number of hydrogen-bond donors (Lipinski definition) is 2. The summed E-state index contributed by atoms with van der Waals surface area (Å²) >= 11 is 5.71. The zero-order valence-electron chi connectivity index (χ0n) is 9.16. The molecule has 1 unspecified atom stereocenters. The van der Waals surface area contributed by atoms with E-state index >= 15 is 0 Å². The lowest BCUT2D eigenvalue weighted by atomic mass is 10.2. The lowest BCUT2D eigenvalue weighted by Gasteiger charge is -2.12. The van der Waals surface area contributed by atoms with Gasteiger partial charge in [-0.3, -0.25) is 10.1 Å². The van der Waals surface area contributed by atoms with E-state index < -0.39 is 4.92 Å². The van der Waals surface area contributed by atoms with Gasteiger partial charge in [0.05, 0.1) is 4.92 Å². The molecule has 2 N–H and O–H groups in total. The fourth-order valence-electron chi connectivity index (χ4n) is 1.17. The highest BCUT2D eigenvalue weighted by Gasteiger charge is 2.14. The molecule has 1 aromatic carbocycles. The SMILES string of the molecule is CNC(C)CNc1ccc(Cl)cc1[N+](=O)[O-]. The summed E-state index contributed by atoms with van der Waals surface area (Å²) in [6, 6.07) is 4.81. The van der Waals surface area contributed by atoms with Gasteiger partial charge in [0, 0.05) is 23.7 Å². The zero-order chi connectivity index (χ0) is 12.1. The summed E-state index contributed by atoms with van der Waals surface area (Å²) in [5.74, 6) is 0. The summed E-state index contributed by atoms with van der Waals surface area (Å²) in [5, 5.41) is 17.2. The molecule has 88 valence electrons. The van der Waals surface area contributed by atoms with Gasteiger partial charge in [-0.2, -0.15) is 0 Å². The number of nitro groups is 1. The Hall–Kier alpha value is -1.33. The van der Waals surface area contributed by atoms with Crippen molar-refractivity contribution in [2.75, 3.05) is 18.9 Å². The zero-order valence-corrected chi connectivity index (χ0v) is 9.91. The Labute approximate surface area is 98.9 Å². The largest absolute Gasteiger partial charge is 0.378 e. The lowest BCUT2D eigenvalue weighted by molar-refractivity contribution is -0.383. The van der Waals surface area contributed by atoms with Gasteiger partial charge < -0.3 is 10.6 Å². The van der Waals surface area contributed by atoms with Gasteiger partial charge in [0.25, 0.3) is 5.69 Å². The molecule has 6 heteroatoms. The van der Waals surface area contributed by atoms with Crippen LogP contribution in [0.15, 0.2) is 18.2 Å². The molecule has 1 aromatic rings. The van der Waals surface area contributed by atoms with Crippen LogP contribution in [0.5, 0.6) is 0 Å². The van der Waals surface area contributed by atoms with Crippen molar-refractivity contribution in [1.82, 2.24) is 5.32 Å². The number of nitrogens with one attached hydrogen (secondary N) is 2. The van der Waals surface area contributed by atoms with E-state index in [0.29, 0.717) is 17.3 Å². The fraction of sp³-hybridized carbons (Fsp3) is 0.400. The van der Waals surface area contributed by atoms with Crippen LogP contribution in [0.3, 0.4) is 0 Å². The molecule has 0 saturated carbocycles. The number of anilines is 1. The van der Waals surface area contributed by atoms with E-state index in [1.807, 2.05) is 14.0 Å². The van der Waals surface area contributed by atoms with Crippen molar-refractivity contribution < 1.29 is 4.92 Å². The van der Waals surface area contributed by atoms with Crippen molar-refractivity contribution in [3.63, 3.8) is 0 Å². The Morgan fingerprint density at radius 3 is 2.81 bits per heavy atom. The number of benzene rings is 1. The molecule has 0 aliphatic heterocycles. The van der Waals surface area contributed by atoms with E-state index in [9.17, 15) is 10.1 Å². The van der Waals surface area contributed by atoms with E-state index in [1.54, 1.807) is 12.1 Å². The maximum atomic E-state index is 10.8. The van der Waals surface area contributed by atoms with Crippen LogP contribution in [0.4, 0.5) is 11.4 Å². The minimum atomic E-state index is -0.446.